The number of hydrogen-bond acceptors (Lipinski definition) is 4. The third-order valence-electron chi connectivity index (χ3n) is 4.30. The van der Waals surface area contributed by atoms with Crippen molar-refractivity contribution in [2.45, 2.75) is 19.4 Å². The number of carbonyl (C=O) groups is 2. The summed E-state index contributed by atoms with van der Waals surface area (Å²) in [5.41, 5.74) is 1.48. The molecule has 27 heavy (non-hydrogen) atoms. The number of amides is 2. The Balaban J connectivity index is 1.66. The number of ether oxygens (including phenoxy) is 2. The molecule has 0 spiro atoms. The van der Waals surface area contributed by atoms with E-state index < -0.39 is 6.04 Å². The molecule has 2 aromatic carbocycles. The van der Waals surface area contributed by atoms with Gasteiger partial charge in [-0.25, -0.2) is 0 Å². The van der Waals surface area contributed by atoms with Gasteiger partial charge in [0, 0.05) is 29.7 Å². The van der Waals surface area contributed by atoms with Crippen LogP contribution in [0, 0.1) is 0 Å². The van der Waals surface area contributed by atoms with Crippen LogP contribution in [0.3, 0.4) is 0 Å². The van der Waals surface area contributed by atoms with Crippen LogP contribution in [-0.2, 0) is 9.59 Å². The van der Waals surface area contributed by atoms with Crippen molar-refractivity contribution in [2.75, 3.05) is 25.2 Å². The molecule has 0 saturated heterocycles. The summed E-state index contributed by atoms with van der Waals surface area (Å²) in [6, 6.07) is 12.0. The highest BCUT2D eigenvalue weighted by Crippen LogP contribution is 2.37. The second-order valence-corrected chi connectivity index (χ2v) is 6.62. The Morgan fingerprint density at radius 3 is 2.67 bits per heavy atom. The molecular weight excluding hydrogens is 368 g/mol. The smallest absolute Gasteiger partial charge is 0.254 e. The Labute approximate surface area is 163 Å². The van der Waals surface area contributed by atoms with Gasteiger partial charge in [0.05, 0.1) is 13.7 Å². The van der Waals surface area contributed by atoms with Crippen LogP contribution in [0.4, 0.5) is 5.69 Å². The maximum Gasteiger partial charge on any atom is 0.254 e. The van der Waals surface area contributed by atoms with Crippen molar-refractivity contribution in [3.63, 3.8) is 0 Å². The SMILES string of the molecule is COc1ccccc1OCCCN1C(=O)[C@@H](NC(C)=O)c2cc(Cl)ccc21. The van der Waals surface area contributed by atoms with Gasteiger partial charge < -0.3 is 19.7 Å². The molecule has 0 aromatic heterocycles. The van der Waals surface area contributed by atoms with Crippen molar-refractivity contribution < 1.29 is 19.1 Å². The molecule has 1 N–H and O–H groups in total. The maximum absolute atomic E-state index is 12.8. The Morgan fingerprint density at radius 1 is 1.22 bits per heavy atom. The lowest BCUT2D eigenvalue weighted by Crippen LogP contribution is -2.37. The maximum atomic E-state index is 12.8. The number of carbonyl (C=O) groups excluding carboxylic acids is 2. The molecule has 1 atom stereocenters. The van der Waals surface area contributed by atoms with E-state index >= 15 is 0 Å². The Bertz CT molecular complexity index is 856. The van der Waals surface area contributed by atoms with Gasteiger partial charge in [-0.3, -0.25) is 9.59 Å². The van der Waals surface area contributed by atoms with Gasteiger partial charge in [-0.1, -0.05) is 23.7 Å². The minimum atomic E-state index is -0.702. The average Bonchev–Trinajstić information content (AvgIpc) is 2.90. The zero-order valence-electron chi connectivity index (χ0n) is 15.2. The number of rotatable bonds is 7. The summed E-state index contributed by atoms with van der Waals surface area (Å²) >= 11 is 6.07. The number of nitrogens with zero attached hydrogens (tertiary/aromatic N) is 1. The van der Waals surface area contributed by atoms with Gasteiger partial charge in [-0.05, 0) is 36.8 Å². The van der Waals surface area contributed by atoms with Crippen LogP contribution in [0.1, 0.15) is 24.9 Å². The molecule has 1 aliphatic rings. The van der Waals surface area contributed by atoms with E-state index in [1.807, 2.05) is 24.3 Å². The summed E-state index contributed by atoms with van der Waals surface area (Å²) in [5.74, 6) is 0.900. The summed E-state index contributed by atoms with van der Waals surface area (Å²) in [5, 5.41) is 3.23. The lowest BCUT2D eigenvalue weighted by atomic mass is 10.1. The third kappa shape index (κ3) is 4.17. The van der Waals surface area contributed by atoms with Crippen LogP contribution < -0.4 is 19.7 Å². The van der Waals surface area contributed by atoms with Gasteiger partial charge in [0.2, 0.25) is 5.91 Å². The van der Waals surface area contributed by atoms with E-state index in [1.165, 1.54) is 6.92 Å². The summed E-state index contributed by atoms with van der Waals surface area (Å²) < 4.78 is 11.0. The molecule has 0 radical (unpaired) electrons. The molecule has 1 heterocycles. The van der Waals surface area contributed by atoms with E-state index in [9.17, 15) is 9.59 Å². The molecule has 0 fully saturated rings. The molecule has 2 aromatic rings. The van der Waals surface area contributed by atoms with Gasteiger partial charge in [0.1, 0.15) is 6.04 Å². The molecule has 0 saturated carbocycles. The molecular formula is C20H21ClN2O4. The van der Waals surface area contributed by atoms with E-state index in [1.54, 1.807) is 30.2 Å². The fourth-order valence-electron chi connectivity index (χ4n) is 3.13. The molecule has 7 heteroatoms. The van der Waals surface area contributed by atoms with Crippen molar-refractivity contribution in [3.05, 3.63) is 53.1 Å². The highest BCUT2D eigenvalue weighted by atomic mass is 35.5. The van der Waals surface area contributed by atoms with Gasteiger partial charge in [0.25, 0.3) is 5.91 Å². The zero-order chi connectivity index (χ0) is 19.4. The first-order valence-electron chi connectivity index (χ1n) is 8.65. The zero-order valence-corrected chi connectivity index (χ0v) is 16.0. The summed E-state index contributed by atoms with van der Waals surface area (Å²) in [7, 11) is 1.59. The van der Waals surface area contributed by atoms with Gasteiger partial charge in [-0.15, -0.1) is 0 Å². The van der Waals surface area contributed by atoms with Crippen molar-refractivity contribution in [2.24, 2.45) is 0 Å². The van der Waals surface area contributed by atoms with Crippen LogP contribution in [0.2, 0.25) is 5.02 Å². The Kier molecular flexibility index (Phi) is 5.86. The topological polar surface area (TPSA) is 67.9 Å². The summed E-state index contributed by atoms with van der Waals surface area (Å²) in [6.45, 7) is 2.29. The van der Waals surface area contributed by atoms with E-state index in [0.29, 0.717) is 41.7 Å². The number of anilines is 1. The minimum Gasteiger partial charge on any atom is -0.493 e. The van der Waals surface area contributed by atoms with Crippen LogP contribution in [0.25, 0.3) is 0 Å². The third-order valence-corrected chi connectivity index (χ3v) is 4.54. The number of halogens is 1. The highest BCUT2D eigenvalue weighted by molar-refractivity contribution is 6.31. The normalized spacial score (nSPS) is 15.4. The first-order valence-corrected chi connectivity index (χ1v) is 9.03. The van der Waals surface area contributed by atoms with E-state index in [0.717, 1.165) is 5.69 Å². The molecule has 2 amide bonds. The molecule has 142 valence electrons. The molecule has 6 nitrogen and oxygen atoms in total. The standard InChI is InChI=1S/C20H21ClN2O4/c1-13(24)22-19-15-12-14(21)8-9-16(15)23(20(19)25)10-5-11-27-18-7-4-3-6-17(18)26-2/h3-4,6-9,12,19H,5,10-11H2,1-2H3,(H,22,24)/t19-/m0/s1. The molecule has 0 bridgehead atoms. The van der Waals surface area contributed by atoms with Crippen molar-refractivity contribution in [1.82, 2.24) is 5.32 Å². The summed E-state index contributed by atoms with van der Waals surface area (Å²) in [4.78, 5) is 25.9. The fraction of sp³-hybridized carbons (Fsp3) is 0.300. The van der Waals surface area contributed by atoms with Crippen LogP contribution in [0.15, 0.2) is 42.5 Å². The quantitative estimate of drug-likeness (QED) is 0.739. The Hall–Kier alpha value is -2.73. The van der Waals surface area contributed by atoms with Crippen molar-refractivity contribution >= 4 is 29.1 Å². The average molecular weight is 389 g/mol. The van der Waals surface area contributed by atoms with E-state index in [4.69, 9.17) is 21.1 Å². The predicted molar refractivity (Wildman–Crippen MR) is 103 cm³/mol. The number of para-hydroxylation sites is 2. The van der Waals surface area contributed by atoms with Gasteiger partial charge in [-0.2, -0.15) is 0 Å². The molecule has 1 aliphatic heterocycles. The second-order valence-electron chi connectivity index (χ2n) is 6.18. The molecule has 0 aliphatic carbocycles. The number of methoxy groups -OCH3 is 1. The number of fused-ring (bicyclic) bond motifs is 1. The summed E-state index contributed by atoms with van der Waals surface area (Å²) in [6.07, 6.45) is 0.624. The number of benzene rings is 2. The number of nitrogens with one attached hydrogen (secondary N) is 1. The van der Waals surface area contributed by atoms with E-state index in [2.05, 4.69) is 5.32 Å². The monoisotopic (exact) mass is 388 g/mol. The lowest BCUT2D eigenvalue weighted by molar-refractivity contribution is -0.126. The van der Waals surface area contributed by atoms with Crippen LogP contribution >= 0.6 is 11.6 Å². The molecule has 3 rings (SSSR count). The largest absolute Gasteiger partial charge is 0.493 e. The minimum absolute atomic E-state index is 0.167. The lowest BCUT2D eigenvalue weighted by Gasteiger charge is -2.18. The predicted octanol–water partition coefficient (Wildman–Crippen LogP) is 3.34. The van der Waals surface area contributed by atoms with Crippen LogP contribution in [-0.4, -0.2) is 32.1 Å². The number of hydrogen-bond donors (Lipinski definition) is 1. The Morgan fingerprint density at radius 2 is 1.96 bits per heavy atom. The van der Waals surface area contributed by atoms with E-state index in [-0.39, 0.29) is 11.8 Å². The highest BCUT2D eigenvalue weighted by Gasteiger charge is 2.37. The van der Waals surface area contributed by atoms with Gasteiger partial charge in [0.15, 0.2) is 11.5 Å². The second kappa shape index (κ2) is 8.31. The first kappa shape index (κ1) is 19.0. The van der Waals surface area contributed by atoms with Crippen molar-refractivity contribution in [1.29, 1.82) is 0 Å². The fourth-order valence-corrected chi connectivity index (χ4v) is 3.31. The molecule has 0 unspecified atom stereocenters. The van der Waals surface area contributed by atoms with Gasteiger partial charge >= 0.3 is 0 Å². The first-order chi connectivity index (χ1) is 13.0. The van der Waals surface area contributed by atoms with Crippen LogP contribution in [0.5, 0.6) is 11.5 Å². The van der Waals surface area contributed by atoms with Crippen molar-refractivity contribution in [3.8, 4) is 11.5 Å².